The molecule has 0 aliphatic heterocycles. The van der Waals surface area contributed by atoms with Gasteiger partial charge in [-0.25, -0.2) is 14.0 Å². The third-order valence-corrected chi connectivity index (χ3v) is 8.01. The normalized spacial score (nSPS) is 22.3. The average Bonchev–Trinajstić information content (AvgIpc) is 3.61. The number of hydrogen-bond acceptors (Lipinski definition) is 9. The zero-order valence-corrected chi connectivity index (χ0v) is 22.3. The van der Waals surface area contributed by atoms with E-state index in [1.807, 2.05) is 35.3 Å². The first-order valence-corrected chi connectivity index (χ1v) is 13.6. The molecule has 2 fully saturated rings. The van der Waals surface area contributed by atoms with Gasteiger partial charge < -0.3 is 21.1 Å². The second-order valence-corrected chi connectivity index (χ2v) is 10.7. The number of methoxy groups -OCH3 is 1. The molecule has 4 heterocycles. The summed E-state index contributed by atoms with van der Waals surface area (Å²) in [6.07, 6.45) is 10.8. The van der Waals surface area contributed by atoms with Crippen molar-refractivity contribution in [2.45, 2.75) is 56.7 Å². The minimum absolute atomic E-state index is 0.244. The summed E-state index contributed by atoms with van der Waals surface area (Å²) in [6.45, 7) is 0.588. The molecule has 2 aliphatic carbocycles. The van der Waals surface area contributed by atoms with Gasteiger partial charge in [0, 0.05) is 36.1 Å². The number of nitrogens with zero attached hydrogens (tertiary/aromatic N) is 7. The minimum atomic E-state index is -0.407. The summed E-state index contributed by atoms with van der Waals surface area (Å²) in [5, 5.41) is 29.1. The zero-order chi connectivity index (χ0) is 27.6. The number of nitrogens with two attached hydrogens (primary N) is 1. The summed E-state index contributed by atoms with van der Waals surface area (Å²) in [4.78, 5) is 16.2. The van der Waals surface area contributed by atoms with Crippen LogP contribution < -0.4 is 16.4 Å². The molecule has 2 saturated carbocycles. The fourth-order valence-electron chi connectivity index (χ4n) is 5.66. The Labute approximate surface area is 231 Å². The lowest BCUT2D eigenvalue weighted by Gasteiger charge is -2.36. The highest BCUT2D eigenvalue weighted by molar-refractivity contribution is 5.79. The van der Waals surface area contributed by atoms with Crippen LogP contribution in [0.25, 0.3) is 28.2 Å². The Morgan fingerprint density at radius 1 is 1.18 bits per heavy atom. The maximum absolute atomic E-state index is 11.4. The van der Waals surface area contributed by atoms with Gasteiger partial charge in [-0.2, -0.15) is 10.4 Å². The topological polar surface area (TPSA) is 161 Å². The highest BCUT2D eigenvalue weighted by Crippen LogP contribution is 2.36. The van der Waals surface area contributed by atoms with Crippen LogP contribution in [0.15, 0.2) is 42.9 Å². The second-order valence-electron chi connectivity index (χ2n) is 10.7. The van der Waals surface area contributed by atoms with Crippen molar-refractivity contribution in [2.24, 2.45) is 11.7 Å². The quantitative estimate of drug-likeness (QED) is 0.318. The van der Waals surface area contributed by atoms with Crippen molar-refractivity contribution in [1.29, 1.82) is 5.26 Å². The Hall–Kier alpha value is -4.50. The monoisotopic (exact) mass is 540 g/mol. The van der Waals surface area contributed by atoms with E-state index in [1.54, 1.807) is 16.8 Å². The fraction of sp³-hybridized carbons (Fsp3) is 0.429. The molecule has 0 spiro atoms. The van der Waals surface area contributed by atoms with E-state index in [9.17, 15) is 10.1 Å². The standard InChI is InChI=1S/C28H32N10O2/c1-40-28(39)32-13-17-8-20(9-17)34-24-11-25(27-7-6-22-10-18(12-29)14-33-38(22)27)31-15-23(24)26-16-37(36-35-26)21-4-2-19(30)3-5-21/h6-7,10-11,14-17,19-21H,2-5,8-9,13,30H2,1H3,(H,31,34)(H,32,39). The van der Waals surface area contributed by atoms with Crippen LogP contribution in [-0.2, 0) is 4.74 Å². The Morgan fingerprint density at radius 3 is 2.77 bits per heavy atom. The Balaban J connectivity index is 1.28. The van der Waals surface area contributed by atoms with Gasteiger partial charge in [-0.3, -0.25) is 4.98 Å². The molecule has 0 aromatic carbocycles. The minimum Gasteiger partial charge on any atom is -0.453 e. The first kappa shape index (κ1) is 25.8. The molecule has 0 saturated heterocycles. The van der Waals surface area contributed by atoms with Gasteiger partial charge in [0.1, 0.15) is 11.8 Å². The molecular weight excluding hydrogens is 508 g/mol. The van der Waals surface area contributed by atoms with E-state index in [0.717, 1.165) is 72.4 Å². The molecular formula is C28H32N10O2. The first-order chi connectivity index (χ1) is 19.5. The van der Waals surface area contributed by atoms with Gasteiger partial charge in [-0.1, -0.05) is 5.21 Å². The van der Waals surface area contributed by atoms with E-state index in [-0.39, 0.29) is 12.1 Å². The zero-order valence-electron chi connectivity index (χ0n) is 22.3. The van der Waals surface area contributed by atoms with Gasteiger partial charge in [-0.05, 0) is 68.7 Å². The molecule has 4 aromatic heterocycles. The van der Waals surface area contributed by atoms with Crippen LogP contribution in [0.4, 0.5) is 10.5 Å². The van der Waals surface area contributed by atoms with Crippen molar-refractivity contribution in [3.63, 3.8) is 0 Å². The number of nitrogens with one attached hydrogen (secondary N) is 2. The smallest absolute Gasteiger partial charge is 0.406 e. The number of fused-ring (bicyclic) bond motifs is 1. The lowest BCUT2D eigenvalue weighted by Crippen LogP contribution is -2.42. The summed E-state index contributed by atoms with van der Waals surface area (Å²) < 4.78 is 8.44. The second kappa shape index (κ2) is 10.9. The van der Waals surface area contributed by atoms with Gasteiger partial charge in [0.05, 0.1) is 48.0 Å². The summed E-state index contributed by atoms with van der Waals surface area (Å²) in [6, 6.07) is 10.7. The van der Waals surface area contributed by atoms with Gasteiger partial charge >= 0.3 is 6.09 Å². The number of amides is 1. The van der Waals surface area contributed by atoms with Crippen molar-refractivity contribution in [3.05, 3.63) is 48.4 Å². The number of carbonyl (C=O) groups is 1. The molecule has 206 valence electrons. The number of ether oxygens (including phenoxy) is 1. The van der Waals surface area contributed by atoms with E-state index in [0.29, 0.717) is 24.1 Å². The Kier molecular flexibility index (Phi) is 7.04. The molecule has 6 rings (SSSR count). The maximum Gasteiger partial charge on any atom is 0.406 e. The van der Waals surface area contributed by atoms with E-state index < -0.39 is 6.09 Å². The number of carbonyl (C=O) groups excluding carboxylic acids is 1. The molecule has 0 atom stereocenters. The lowest BCUT2D eigenvalue weighted by molar-refractivity contribution is 0.164. The third kappa shape index (κ3) is 5.20. The molecule has 0 unspecified atom stereocenters. The van der Waals surface area contributed by atoms with Gasteiger partial charge in [-0.15, -0.1) is 5.10 Å². The van der Waals surface area contributed by atoms with Crippen molar-refractivity contribution in [2.75, 3.05) is 19.0 Å². The maximum atomic E-state index is 11.4. The number of rotatable bonds is 7. The van der Waals surface area contributed by atoms with Gasteiger partial charge in [0.15, 0.2) is 0 Å². The van der Waals surface area contributed by atoms with E-state index >= 15 is 0 Å². The largest absolute Gasteiger partial charge is 0.453 e. The number of pyridine rings is 1. The molecule has 0 radical (unpaired) electrons. The van der Waals surface area contributed by atoms with Crippen LogP contribution >= 0.6 is 0 Å². The van der Waals surface area contributed by atoms with Crippen LogP contribution in [0, 0.1) is 17.2 Å². The van der Waals surface area contributed by atoms with Crippen molar-refractivity contribution in [1.82, 2.24) is 34.9 Å². The Morgan fingerprint density at radius 2 is 2.00 bits per heavy atom. The van der Waals surface area contributed by atoms with Crippen molar-refractivity contribution >= 4 is 17.3 Å². The number of alkyl carbamates (subject to hydrolysis) is 1. The van der Waals surface area contributed by atoms with Crippen LogP contribution in [0.1, 0.15) is 50.1 Å². The lowest BCUT2D eigenvalue weighted by atomic mass is 9.80. The van der Waals surface area contributed by atoms with E-state index in [2.05, 4.69) is 36.9 Å². The first-order valence-electron chi connectivity index (χ1n) is 13.6. The average molecular weight is 541 g/mol. The highest BCUT2D eigenvalue weighted by atomic mass is 16.5. The van der Waals surface area contributed by atoms with E-state index in [1.165, 1.54) is 7.11 Å². The number of nitriles is 1. The Bertz CT molecular complexity index is 1560. The number of hydrogen-bond donors (Lipinski definition) is 3. The van der Waals surface area contributed by atoms with Crippen LogP contribution in [-0.4, -0.2) is 61.4 Å². The van der Waals surface area contributed by atoms with E-state index in [4.69, 9.17) is 10.7 Å². The van der Waals surface area contributed by atoms with Crippen molar-refractivity contribution in [3.8, 4) is 28.7 Å². The molecule has 4 N–H and O–H groups in total. The SMILES string of the molecule is COC(=O)NCC1CC(Nc2cc(-c3ccc4cc(C#N)cnn34)ncc2-c2cn(C3CCC(N)CC3)nn2)C1. The third-order valence-electron chi connectivity index (χ3n) is 8.01. The summed E-state index contributed by atoms with van der Waals surface area (Å²) in [5.74, 6) is 0.382. The number of anilines is 1. The molecule has 2 aliphatic rings. The van der Waals surface area contributed by atoms with Crippen LogP contribution in [0.2, 0.25) is 0 Å². The number of aromatic nitrogens is 6. The van der Waals surface area contributed by atoms with Gasteiger partial charge in [0.2, 0.25) is 0 Å². The van der Waals surface area contributed by atoms with Crippen LogP contribution in [0.3, 0.4) is 0 Å². The van der Waals surface area contributed by atoms with Gasteiger partial charge in [0.25, 0.3) is 0 Å². The molecule has 12 nitrogen and oxygen atoms in total. The predicted octanol–water partition coefficient (Wildman–Crippen LogP) is 3.52. The summed E-state index contributed by atoms with van der Waals surface area (Å²) in [7, 11) is 1.37. The summed E-state index contributed by atoms with van der Waals surface area (Å²) in [5.41, 5.74) is 11.6. The molecule has 1 amide bonds. The highest BCUT2D eigenvalue weighted by Gasteiger charge is 2.30. The molecule has 4 aromatic rings. The molecule has 0 bridgehead atoms. The predicted molar refractivity (Wildman–Crippen MR) is 148 cm³/mol. The fourth-order valence-corrected chi connectivity index (χ4v) is 5.66. The van der Waals surface area contributed by atoms with Crippen molar-refractivity contribution < 1.29 is 9.53 Å². The molecule has 12 heteroatoms. The van der Waals surface area contributed by atoms with Crippen LogP contribution in [0.5, 0.6) is 0 Å². The summed E-state index contributed by atoms with van der Waals surface area (Å²) >= 11 is 0. The molecule has 40 heavy (non-hydrogen) atoms.